The molecule has 4 nitrogen and oxygen atoms in total. The Kier molecular flexibility index (Phi) is 3.85. The van der Waals surface area contributed by atoms with Crippen LogP contribution in [-0.2, 0) is 9.53 Å². The van der Waals surface area contributed by atoms with Crippen molar-refractivity contribution in [2.45, 2.75) is 18.9 Å². The summed E-state index contributed by atoms with van der Waals surface area (Å²) < 4.78 is 24.3. The highest BCUT2D eigenvalue weighted by atomic mass is 19.1. The van der Waals surface area contributed by atoms with E-state index in [-0.39, 0.29) is 17.5 Å². The number of ether oxygens (including phenoxy) is 2. The predicted octanol–water partition coefficient (Wildman–Crippen LogP) is 2.35. The number of nitrogens with zero attached hydrogens (tertiary/aromatic N) is 1. The largest absolute Gasteiger partial charge is 0.487 e. The lowest BCUT2D eigenvalue weighted by Crippen LogP contribution is -2.26. The number of halogens is 1. The van der Waals surface area contributed by atoms with Gasteiger partial charge in [0, 0.05) is 18.9 Å². The summed E-state index contributed by atoms with van der Waals surface area (Å²) in [6.45, 7) is 1.28. The molecule has 17 heavy (non-hydrogen) atoms. The zero-order valence-electron chi connectivity index (χ0n) is 9.19. The van der Waals surface area contributed by atoms with Crippen molar-refractivity contribution in [3.05, 3.63) is 24.0 Å². The molecule has 0 aliphatic carbocycles. The van der Waals surface area contributed by atoms with Crippen LogP contribution in [-0.4, -0.2) is 25.4 Å². The Labute approximate surface area is 98.1 Å². The van der Waals surface area contributed by atoms with Gasteiger partial charge >= 0.3 is 0 Å². The number of rotatable bonds is 3. The number of isocyanates is 1. The summed E-state index contributed by atoms with van der Waals surface area (Å²) in [4.78, 5) is 13.4. The van der Waals surface area contributed by atoms with E-state index in [0.29, 0.717) is 13.2 Å². The molecule has 0 radical (unpaired) electrons. The van der Waals surface area contributed by atoms with Crippen LogP contribution < -0.4 is 4.74 Å². The predicted molar refractivity (Wildman–Crippen MR) is 58.7 cm³/mol. The molecule has 1 heterocycles. The fraction of sp³-hybridized carbons (Fsp3) is 0.417. The Morgan fingerprint density at radius 2 is 2.18 bits per heavy atom. The zero-order valence-corrected chi connectivity index (χ0v) is 9.19. The smallest absolute Gasteiger partial charge is 0.240 e. The molecule has 0 N–H and O–H groups in total. The van der Waals surface area contributed by atoms with E-state index in [1.807, 2.05) is 0 Å². The first-order valence-electron chi connectivity index (χ1n) is 5.41. The molecule has 1 aliphatic rings. The summed E-state index contributed by atoms with van der Waals surface area (Å²) >= 11 is 0. The Morgan fingerprint density at radius 1 is 1.41 bits per heavy atom. The molecule has 5 heteroatoms. The van der Waals surface area contributed by atoms with Crippen LogP contribution in [0.5, 0.6) is 5.75 Å². The standard InChI is InChI=1S/C12H12FNO3/c13-11-7-9(14-8-15)1-2-12(11)17-10-3-5-16-6-4-10/h1-2,7,10H,3-6H2. The number of hydrogen-bond acceptors (Lipinski definition) is 4. The summed E-state index contributed by atoms with van der Waals surface area (Å²) in [6, 6.07) is 4.14. The fourth-order valence-corrected chi connectivity index (χ4v) is 1.68. The van der Waals surface area contributed by atoms with Gasteiger partial charge in [0.05, 0.1) is 18.9 Å². The molecule has 0 saturated carbocycles. The minimum absolute atomic E-state index is 0.0151. The van der Waals surface area contributed by atoms with Crippen molar-refractivity contribution in [1.29, 1.82) is 0 Å². The molecule has 1 aromatic rings. The third-order valence-electron chi connectivity index (χ3n) is 2.55. The van der Waals surface area contributed by atoms with Crippen LogP contribution in [0.2, 0.25) is 0 Å². The molecule has 1 aromatic carbocycles. The SMILES string of the molecule is O=C=Nc1ccc(OC2CCOCC2)c(F)c1. The van der Waals surface area contributed by atoms with Gasteiger partial charge in [-0.05, 0) is 12.1 Å². The monoisotopic (exact) mass is 237 g/mol. The summed E-state index contributed by atoms with van der Waals surface area (Å²) in [5.41, 5.74) is 0.233. The Morgan fingerprint density at radius 3 is 2.82 bits per heavy atom. The number of carbonyl (C=O) groups excluding carboxylic acids is 1. The average molecular weight is 237 g/mol. The molecular formula is C12H12FNO3. The summed E-state index contributed by atoms with van der Waals surface area (Å²) in [7, 11) is 0. The van der Waals surface area contributed by atoms with E-state index < -0.39 is 5.82 Å². The first kappa shape index (κ1) is 11.8. The molecule has 0 bridgehead atoms. The van der Waals surface area contributed by atoms with Gasteiger partial charge in [-0.1, -0.05) is 0 Å². The molecular weight excluding hydrogens is 225 g/mol. The number of hydrogen-bond donors (Lipinski definition) is 0. The maximum atomic E-state index is 13.6. The fourth-order valence-electron chi connectivity index (χ4n) is 1.68. The van der Waals surface area contributed by atoms with Crippen molar-refractivity contribution in [3.8, 4) is 5.75 Å². The van der Waals surface area contributed by atoms with Crippen molar-refractivity contribution < 1.29 is 18.7 Å². The Hall–Kier alpha value is -1.71. The third kappa shape index (κ3) is 3.12. The molecule has 1 aliphatic heterocycles. The highest BCUT2D eigenvalue weighted by Crippen LogP contribution is 2.25. The van der Waals surface area contributed by atoms with Crippen molar-refractivity contribution in [3.63, 3.8) is 0 Å². The highest BCUT2D eigenvalue weighted by Gasteiger charge is 2.17. The minimum Gasteiger partial charge on any atom is -0.487 e. The molecule has 0 atom stereocenters. The second-order valence-electron chi connectivity index (χ2n) is 3.75. The Balaban J connectivity index is 2.07. The van der Waals surface area contributed by atoms with Gasteiger partial charge in [-0.15, -0.1) is 0 Å². The molecule has 90 valence electrons. The van der Waals surface area contributed by atoms with Crippen LogP contribution in [0.1, 0.15) is 12.8 Å². The lowest BCUT2D eigenvalue weighted by atomic mass is 10.1. The van der Waals surface area contributed by atoms with Crippen LogP contribution >= 0.6 is 0 Å². The summed E-state index contributed by atoms with van der Waals surface area (Å²) in [6.07, 6.45) is 2.86. The highest BCUT2D eigenvalue weighted by molar-refractivity contribution is 5.50. The molecule has 2 rings (SSSR count). The van der Waals surface area contributed by atoms with E-state index in [4.69, 9.17) is 9.47 Å². The van der Waals surface area contributed by atoms with E-state index in [9.17, 15) is 9.18 Å². The van der Waals surface area contributed by atoms with E-state index >= 15 is 0 Å². The molecule has 0 spiro atoms. The number of benzene rings is 1. The molecule has 0 amide bonds. The molecule has 0 aromatic heterocycles. The topological polar surface area (TPSA) is 47.9 Å². The van der Waals surface area contributed by atoms with Crippen LogP contribution in [0.25, 0.3) is 0 Å². The van der Waals surface area contributed by atoms with Crippen LogP contribution in [0, 0.1) is 5.82 Å². The molecule has 1 fully saturated rings. The second-order valence-corrected chi connectivity index (χ2v) is 3.75. The van der Waals surface area contributed by atoms with E-state index in [1.165, 1.54) is 18.2 Å². The van der Waals surface area contributed by atoms with Gasteiger partial charge in [0.25, 0.3) is 0 Å². The van der Waals surface area contributed by atoms with E-state index in [2.05, 4.69) is 4.99 Å². The van der Waals surface area contributed by atoms with Crippen LogP contribution in [0.4, 0.5) is 10.1 Å². The van der Waals surface area contributed by atoms with E-state index in [1.54, 1.807) is 0 Å². The number of aliphatic imine (C=N–C) groups is 1. The summed E-state index contributed by atoms with van der Waals surface area (Å²) in [5, 5.41) is 0. The van der Waals surface area contributed by atoms with Crippen molar-refractivity contribution in [1.82, 2.24) is 0 Å². The minimum atomic E-state index is -0.520. The van der Waals surface area contributed by atoms with Crippen molar-refractivity contribution >= 4 is 11.8 Å². The lowest BCUT2D eigenvalue weighted by Gasteiger charge is -2.23. The Bertz CT molecular complexity index is 437. The quantitative estimate of drug-likeness (QED) is 0.599. The van der Waals surface area contributed by atoms with Gasteiger partial charge in [0.1, 0.15) is 6.10 Å². The first-order chi connectivity index (χ1) is 8.29. The first-order valence-corrected chi connectivity index (χ1v) is 5.41. The second kappa shape index (κ2) is 5.57. The molecule has 0 unspecified atom stereocenters. The lowest BCUT2D eigenvalue weighted by molar-refractivity contribution is 0.0240. The van der Waals surface area contributed by atoms with Gasteiger partial charge in [-0.3, -0.25) is 0 Å². The van der Waals surface area contributed by atoms with Crippen molar-refractivity contribution in [2.24, 2.45) is 4.99 Å². The van der Waals surface area contributed by atoms with Gasteiger partial charge < -0.3 is 9.47 Å². The van der Waals surface area contributed by atoms with Gasteiger partial charge in [0.2, 0.25) is 6.08 Å². The molecule has 1 saturated heterocycles. The van der Waals surface area contributed by atoms with Crippen molar-refractivity contribution in [2.75, 3.05) is 13.2 Å². The maximum Gasteiger partial charge on any atom is 0.240 e. The van der Waals surface area contributed by atoms with E-state index in [0.717, 1.165) is 18.9 Å². The third-order valence-corrected chi connectivity index (χ3v) is 2.55. The average Bonchev–Trinajstić information content (AvgIpc) is 2.34. The van der Waals surface area contributed by atoms with Crippen LogP contribution in [0.15, 0.2) is 23.2 Å². The van der Waals surface area contributed by atoms with Crippen LogP contribution in [0.3, 0.4) is 0 Å². The summed E-state index contributed by atoms with van der Waals surface area (Å²) in [5.74, 6) is -0.338. The van der Waals surface area contributed by atoms with Gasteiger partial charge in [-0.2, -0.15) is 4.99 Å². The maximum absolute atomic E-state index is 13.6. The van der Waals surface area contributed by atoms with Gasteiger partial charge in [0.15, 0.2) is 11.6 Å². The zero-order chi connectivity index (χ0) is 12.1. The normalized spacial score (nSPS) is 16.3. The van der Waals surface area contributed by atoms with Gasteiger partial charge in [-0.25, -0.2) is 9.18 Å².